The third kappa shape index (κ3) is 3.20. The van der Waals surface area contributed by atoms with Crippen LogP contribution in [0, 0.1) is 3.70 Å². The van der Waals surface area contributed by atoms with E-state index >= 15 is 0 Å². The molecule has 1 aromatic carbocycles. The number of rotatable bonds is 3. The topological polar surface area (TPSA) is 37.9 Å². The van der Waals surface area contributed by atoms with Crippen molar-refractivity contribution in [2.75, 3.05) is 0 Å². The van der Waals surface area contributed by atoms with Crippen molar-refractivity contribution in [1.82, 2.24) is 10.2 Å². The van der Waals surface area contributed by atoms with Crippen molar-refractivity contribution in [3.63, 3.8) is 0 Å². The Balaban J connectivity index is 2.16. The first-order valence-corrected chi connectivity index (χ1v) is 10.5. The number of nitrogens with zero attached hydrogens (tertiary/aromatic N) is 1. The monoisotopic (exact) mass is 388 g/mol. The van der Waals surface area contributed by atoms with E-state index in [1.807, 2.05) is 0 Å². The van der Waals surface area contributed by atoms with Crippen LogP contribution in [0.1, 0.15) is 26.3 Å². The van der Waals surface area contributed by atoms with Crippen LogP contribution in [0.4, 0.5) is 0 Å². The van der Waals surface area contributed by atoms with Gasteiger partial charge in [0.2, 0.25) is 0 Å². The van der Waals surface area contributed by atoms with Gasteiger partial charge < -0.3 is 4.43 Å². The first kappa shape index (κ1) is 15.0. The third-order valence-electron chi connectivity index (χ3n) is 3.99. The molecule has 1 heterocycles. The van der Waals surface area contributed by atoms with Crippen LogP contribution in [-0.2, 0) is 11.0 Å². The van der Waals surface area contributed by atoms with Gasteiger partial charge in [0.15, 0.2) is 8.32 Å². The van der Waals surface area contributed by atoms with Crippen molar-refractivity contribution in [2.24, 2.45) is 0 Å². The Morgan fingerprint density at radius 1 is 1.32 bits per heavy atom. The van der Waals surface area contributed by atoms with Crippen molar-refractivity contribution in [3.05, 3.63) is 27.5 Å². The highest BCUT2D eigenvalue weighted by Crippen LogP contribution is 2.37. The summed E-state index contributed by atoms with van der Waals surface area (Å²) in [6.07, 6.45) is 0. The lowest BCUT2D eigenvalue weighted by molar-refractivity contribution is 0.276. The number of halogens is 1. The number of fused-ring (bicyclic) bond motifs is 1. The molecule has 104 valence electrons. The van der Waals surface area contributed by atoms with E-state index in [0.29, 0.717) is 6.61 Å². The average molecular weight is 388 g/mol. The van der Waals surface area contributed by atoms with Crippen LogP contribution in [0.2, 0.25) is 18.1 Å². The Bertz CT molecular complexity index is 587. The molecule has 0 fully saturated rings. The lowest BCUT2D eigenvalue weighted by atomic mass is 10.2. The smallest absolute Gasteiger partial charge is 0.192 e. The number of H-pyrrole nitrogens is 1. The summed E-state index contributed by atoms with van der Waals surface area (Å²) in [7, 11) is -1.68. The molecule has 5 heteroatoms. The average Bonchev–Trinajstić information content (AvgIpc) is 2.67. The van der Waals surface area contributed by atoms with E-state index in [1.54, 1.807) is 0 Å². The molecule has 0 unspecified atom stereocenters. The van der Waals surface area contributed by atoms with Gasteiger partial charge in [-0.15, -0.1) is 0 Å². The van der Waals surface area contributed by atoms with Crippen molar-refractivity contribution < 1.29 is 4.43 Å². The normalized spacial score (nSPS) is 13.2. The van der Waals surface area contributed by atoms with E-state index in [-0.39, 0.29) is 5.04 Å². The van der Waals surface area contributed by atoms with Crippen LogP contribution in [-0.4, -0.2) is 18.5 Å². The number of benzene rings is 1. The summed E-state index contributed by atoms with van der Waals surface area (Å²) in [5.41, 5.74) is 2.30. The van der Waals surface area contributed by atoms with Crippen LogP contribution < -0.4 is 0 Å². The second kappa shape index (κ2) is 5.18. The number of aromatic nitrogens is 2. The molecule has 0 saturated heterocycles. The Morgan fingerprint density at radius 2 is 2.00 bits per heavy atom. The molecular weight excluding hydrogens is 367 g/mol. The molecule has 0 saturated carbocycles. The van der Waals surface area contributed by atoms with Crippen LogP contribution in [0.3, 0.4) is 0 Å². The van der Waals surface area contributed by atoms with Gasteiger partial charge in [-0.1, -0.05) is 26.8 Å². The van der Waals surface area contributed by atoms with E-state index in [0.717, 1.165) is 9.22 Å². The highest BCUT2D eigenvalue weighted by atomic mass is 127. The molecular formula is C14H21IN2OSi. The molecule has 0 bridgehead atoms. The molecule has 0 atom stereocenters. The summed E-state index contributed by atoms with van der Waals surface area (Å²) >= 11 is 2.25. The maximum absolute atomic E-state index is 6.25. The summed E-state index contributed by atoms with van der Waals surface area (Å²) in [6, 6.07) is 6.37. The molecule has 0 aliphatic heterocycles. The standard InChI is InChI=1S/C14H21IN2OSi/c1-14(2,3)19(4,5)18-9-10-6-7-12-11(8-10)13(15)17-16-12/h6-8H,9H2,1-5H3,(H,16,17). The molecule has 0 aliphatic rings. The molecule has 1 N–H and O–H groups in total. The van der Waals surface area contributed by atoms with Crippen molar-refractivity contribution in [1.29, 1.82) is 0 Å². The largest absolute Gasteiger partial charge is 0.413 e. The number of nitrogens with one attached hydrogen (secondary N) is 1. The van der Waals surface area contributed by atoms with Crippen LogP contribution in [0.25, 0.3) is 10.9 Å². The van der Waals surface area contributed by atoms with Crippen LogP contribution >= 0.6 is 22.6 Å². The quantitative estimate of drug-likeness (QED) is 0.612. The SMILES string of the molecule is CC(C)(C)[Si](C)(C)OCc1ccc2[nH]nc(I)c2c1. The van der Waals surface area contributed by atoms with Crippen LogP contribution in [0.5, 0.6) is 0 Å². The van der Waals surface area contributed by atoms with Gasteiger partial charge in [-0.25, -0.2) is 0 Å². The predicted octanol–water partition coefficient (Wildman–Crippen LogP) is 4.69. The molecule has 2 aromatic rings. The molecule has 0 spiro atoms. The zero-order valence-corrected chi connectivity index (χ0v) is 15.3. The van der Waals surface area contributed by atoms with Gasteiger partial charge >= 0.3 is 0 Å². The van der Waals surface area contributed by atoms with Gasteiger partial charge in [0.1, 0.15) is 3.70 Å². The second-order valence-corrected chi connectivity index (χ2v) is 12.3. The highest BCUT2D eigenvalue weighted by Gasteiger charge is 2.36. The summed E-state index contributed by atoms with van der Waals surface area (Å²) < 4.78 is 7.27. The Kier molecular flexibility index (Phi) is 4.09. The summed E-state index contributed by atoms with van der Waals surface area (Å²) in [5, 5.41) is 8.67. The highest BCUT2D eigenvalue weighted by molar-refractivity contribution is 14.1. The second-order valence-electron chi connectivity index (χ2n) is 6.44. The van der Waals surface area contributed by atoms with E-state index in [9.17, 15) is 0 Å². The lowest BCUT2D eigenvalue weighted by Crippen LogP contribution is -2.40. The zero-order chi connectivity index (χ0) is 14.3. The first-order chi connectivity index (χ1) is 8.71. The minimum absolute atomic E-state index is 0.251. The van der Waals surface area contributed by atoms with Gasteiger partial charge in [-0.3, -0.25) is 5.10 Å². The fourth-order valence-electron chi connectivity index (χ4n) is 1.60. The number of aromatic amines is 1. The Hall–Kier alpha value is -0.403. The fraction of sp³-hybridized carbons (Fsp3) is 0.500. The maximum Gasteiger partial charge on any atom is 0.192 e. The summed E-state index contributed by atoms with van der Waals surface area (Å²) in [4.78, 5) is 0. The number of hydrogen-bond acceptors (Lipinski definition) is 2. The van der Waals surface area contributed by atoms with E-state index < -0.39 is 8.32 Å². The van der Waals surface area contributed by atoms with Gasteiger partial charge in [-0.05, 0) is 58.4 Å². The van der Waals surface area contributed by atoms with Gasteiger partial charge in [0.05, 0.1) is 12.1 Å². The summed E-state index contributed by atoms with van der Waals surface area (Å²) in [5.74, 6) is 0. The van der Waals surface area contributed by atoms with Crippen molar-refractivity contribution >= 4 is 41.8 Å². The molecule has 19 heavy (non-hydrogen) atoms. The minimum Gasteiger partial charge on any atom is -0.413 e. The maximum atomic E-state index is 6.25. The third-order valence-corrected chi connectivity index (χ3v) is 9.29. The van der Waals surface area contributed by atoms with Crippen molar-refractivity contribution in [3.8, 4) is 0 Å². The molecule has 0 radical (unpaired) electrons. The molecule has 3 nitrogen and oxygen atoms in total. The molecule has 2 rings (SSSR count). The van der Waals surface area contributed by atoms with Crippen molar-refractivity contribution in [2.45, 2.75) is 45.5 Å². The number of hydrogen-bond donors (Lipinski definition) is 1. The first-order valence-electron chi connectivity index (χ1n) is 6.47. The Labute approximate surface area is 129 Å². The molecule has 1 aromatic heterocycles. The van der Waals surface area contributed by atoms with Crippen LogP contribution in [0.15, 0.2) is 18.2 Å². The van der Waals surface area contributed by atoms with Gasteiger partial charge in [-0.2, -0.15) is 5.10 Å². The van der Waals surface area contributed by atoms with Gasteiger partial charge in [0.25, 0.3) is 0 Å². The lowest BCUT2D eigenvalue weighted by Gasteiger charge is -2.36. The summed E-state index contributed by atoms with van der Waals surface area (Å²) in [6.45, 7) is 12.1. The predicted molar refractivity (Wildman–Crippen MR) is 90.8 cm³/mol. The Morgan fingerprint density at radius 3 is 2.63 bits per heavy atom. The minimum atomic E-state index is -1.68. The molecule has 0 aliphatic carbocycles. The van der Waals surface area contributed by atoms with E-state index in [4.69, 9.17) is 4.43 Å². The zero-order valence-electron chi connectivity index (χ0n) is 12.2. The van der Waals surface area contributed by atoms with E-state index in [1.165, 1.54) is 10.9 Å². The fourth-order valence-corrected chi connectivity index (χ4v) is 3.13. The molecule has 0 amide bonds. The van der Waals surface area contributed by atoms with Gasteiger partial charge in [0, 0.05) is 5.39 Å². The van der Waals surface area contributed by atoms with E-state index in [2.05, 4.69) is 84.9 Å².